The first-order valence-electron chi connectivity index (χ1n) is 7.42. The van der Waals surface area contributed by atoms with E-state index in [1.54, 1.807) is 13.1 Å². The van der Waals surface area contributed by atoms with Crippen LogP contribution in [0.3, 0.4) is 0 Å². The van der Waals surface area contributed by atoms with Crippen LogP contribution in [0.5, 0.6) is 0 Å². The molecule has 2 amide bonds. The molecular formula is C15H16F3N5O. The average molecular weight is 339 g/mol. The highest BCUT2D eigenvalue weighted by molar-refractivity contribution is 5.88. The highest BCUT2D eigenvalue weighted by Gasteiger charge is 2.42. The summed E-state index contributed by atoms with van der Waals surface area (Å²) in [6, 6.07) is 1.25. The van der Waals surface area contributed by atoms with Crippen LogP contribution in [-0.2, 0) is 7.05 Å². The number of alkyl halides is 3. The third-order valence-electron chi connectivity index (χ3n) is 3.76. The van der Waals surface area contributed by atoms with E-state index in [1.807, 2.05) is 5.32 Å². The predicted molar refractivity (Wildman–Crippen MR) is 80.4 cm³/mol. The van der Waals surface area contributed by atoms with Crippen molar-refractivity contribution in [3.63, 3.8) is 0 Å². The maximum Gasteiger partial charge on any atom is 0.412 e. The summed E-state index contributed by atoms with van der Waals surface area (Å²) in [6.45, 7) is 0. The van der Waals surface area contributed by atoms with E-state index < -0.39 is 18.2 Å². The number of hydrogen-bond donors (Lipinski definition) is 2. The van der Waals surface area contributed by atoms with Gasteiger partial charge in [0, 0.05) is 37.0 Å². The molecule has 9 heteroatoms. The summed E-state index contributed by atoms with van der Waals surface area (Å²) in [5.41, 5.74) is 0.705. The maximum atomic E-state index is 13.2. The number of halogens is 3. The summed E-state index contributed by atoms with van der Waals surface area (Å²) in [6.07, 6.45) is -0.106. The van der Waals surface area contributed by atoms with Gasteiger partial charge in [-0.1, -0.05) is 6.07 Å². The minimum Gasteiger partial charge on any atom is -0.322 e. The molecule has 1 fully saturated rings. The van der Waals surface area contributed by atoms with Crippen molar-refractivity contribution < 1.29 is 18.0 Å². The fourth-order valence-corrected chi connectivity index (χ4v) is 2.37. The van der Waals surface area contributed by atoms with Crippen molar-refractivity contribution in [2.45, 2.75) is 31.0 Å². The van der Waals surface area contributed by atoms with E-state index in [0.29, 0.717) is 11.7 Å². The van der Waals surface area contributed by atoms with Crippen LogP contribution in [0.4, 0.5) is 23.8 Å². The minimum atomic E-state index is -4.63. The number of aromatic nitrogens is 3. The highest BCUT2D eigenvalue weighted by atomic mass is 19.4. The lowest BCUT2D eigenvalue weighted by Crippen LogP contribution is -2.40. The lowest BCUT2D eigenvalue weighted by molar-refractivity contribution is -0.154. The number of pyridine rings is 1. The van der Waals surface area contributed by atoms with Crippen LogP contribution < -0.4 is 10.6 Å². The average Bonchev–Trinajstić information content (AvgIpc) is 3.30. The molecule has 1 saturated carbocycles. The SMILES string of the molecule is Cn1nc(C2CC2)cc1NC(=O)N[C@@H](c1cccnc1)C(F)(F)F. The van der Waals surface area contributed by atoms with Crippen LogP contribution in [0.15, 0.2) is 30.6 Å². The van der Waals surface area contributed by atoms with Crippen molar-refractivity contribution in [2.24, 2.45) is 7.05 Å². The number of carbonyl (C=O) groups excluding carboxylic acids is 1. The molecule has 0 spiro atoms. The summed E-state index contributed by atoms with van der Waals surface area (Å²) in [4.78, 5) is 15.7. The monoisotopic (exact) mass is 339 g/mol. The first-order chi connectivity index (χ1) is 11.3. The zero-order valence-electron chi connectivity index (χ0n) is 12.8. The van der Waals surface area contributed by atoms with E-state index in [4.69, 9.17) is 0 Å². The van der Waals surface area contributed by atoms with Crippen LogP contribution in [0.25, 0.3) is 0 Å². The van der Waals surface area contributed by atoms with E-state index in [2.05, 4.69) is 15.4 Å². The predicted octanol–water partition coefficient (Wildman–Crippen LogP) is 3.12. The van der Waals surface area contributed by atoms with Crippen molar-refractivity contribution in [3.05, 3.63) is 41.9 Å². The summed E-state index contributed by atoms with van der Waals surface area (Å²) >= 11 is 0. The van der Waals surface area contributed by atoms with Gasteiger partial charge in [-0.3, -0.25) is 15.0 Å². The van der Waals surface area contributed by atoms with Crippen molar-refractivity contribution in [2.75, 3.05) is 5.32 Å². The number of aryl methyl sites for hydroxylation is 1. The Labute approximate surface area is 136 Å². The molecule has 128 valence electrons. The Morgan fingerprint density at radius 2 is 2.17 bits per heavy atom. The minimum absolute atomic E-state index is 0.135. The van der Waals surface area contributed by atoms with E-state index in [-0.39, 0.29) is 5.56 Å². The molecule has 1 aliphatic carbocycles. The number of nitrogens with one attached hydrogen (secondary N) is 2. The van der Waals surface area contributed by atoms with Crippen molar-refractivity contribution in [1.29, 1.82) is 0 Å². The second-order valence-corrected chi connectivity index (χ2v) is 5.71. The molecule has 0 radical (unpaired) electrons. The second-order valence-electron chi connectivity index (χ2n) is 5.71. The molecule has 24 heavy (non-hydrogen) atoms. The zero-order chi connectivity index (χ0) is 17.3. The van der Waals surface area contributed by atoms with Gasteiger partial charge in [0.2, 0.25) is 0 Å². The van der Waals surface area contributed by atoms with Gasteiger partial charge in [0.1, 0.15) is 5.82 Å². The van der Waals surface area contributed by atoms with Crippen molar-refractivity contribution in [3.8, 4) is 0 Å². The van der Waals surface area contributed by atoms with Gasteiger partial charge in [-0.05, 0) is 18.9 Å². The third-order valence-corrected chi connectivity index (χ3v) is 3.76. The lowest BCUT2D eigenvalue weighted by atomic mass is 10.1. The number of urea groups is 1. The van der Waals surface area contributed by atoms with Crippen LogP contribution in [0.1, 0.15) is 36.1 Å². The normalized spacial score (nSPS) is 15.8. The number of anilines is 1. The largest absolute Gasteiger partial charge is 0.412 e. The standard InChI is InChI=1S/C15H16F3N5O/c1-23-12(7-11(22-23)9-4-5-9)20-14(24)21-13(15(16,17)18)10-3-2-6-19-8-10/h2-3,6-9,13H,4-5H2,1H3,(H2,20,21,24)/t13-/m0/s1. The van der Waals surface area contributed by atoms with E-state index in [0.717, 1.165) is 24.7 Å². The molecule has 0 aliphatic heterocycles. The summed E-state index contributed by atoms with van der Waals surface area (Å²) < 4.78 is 41.1. The third kappa shape index (κ3) is 3.66. The van der Waals surface area contributed by atoms with Gasteiger partial charge in [-0.25, -0.2) is 4.79 Å². The van der Waals surface area contributed by atoms with E-state index in [1.165, 1.54) is 23.0 Å². The summed E-state index contributed by atoms with van der Waals surface area (Å²) in [5, 5.41) is 8.62. The van der Waals surface area contributed by atoms with Crippen molar-refractivity contribution in [1.82, 2.24) is 20.1 Å². The van der Waals surface area contributed by atoms with Gasteiger partial charge < -0.3 is 5.32 Å². The fourth-order valence-electron chi connectivity index (χ4n) is 2.37. The number of rotatable bonds is 4. The number of nitrogens with zero attached hydrogens (tertiary/aromatic N) is 3. The quantitative estimate of drug-likeness (QED) is 0.899. The fraction of sp³-hybridized carbons (Fsp3) is 0.400. The van der Waals surface area contributed by atoms with E-state index >= 15 is 0 Å². The molecular weight excluding hydrogens is 323 g/mol. The van der Waals surface area contributed by atoms with Gasteiger partial charge >= 0.3 is 12.2 Å². The number of amides is 2. The summed E-state index contributed by atoms with van der Waals surface area (Å²) in [5.74, 6) is 0.731. The molecule has 2 aromatic heterocycles. The maximum absolute atomic E-state index is 13.2. The van der Waals surface area contributed by atoms with Crippen molar-refractivity contribution >= 4 is 11.8 Å². The van der Waals surface area contributed by atoms with Gasteiger partial charge in [-0.2, -0.15) is 18.3 Å². The van der Waals surface area contributed by atoms with Crippen LogP contribution >= 0.6 is 0 Å². The van der Waals surface area contributed by atoms with Crippen LogP contribution in [-0.4, -0.2) is 27.0 Å². The molecule has 6 nitrogen and oxygen atoms in total. The van der Waals surface area contributed by atoms with Gasteiger partial charge in [0.25, 0.3) is 0 Å². The zero-order valence-corrected chi connectivity index (χ0v) is 12.8. The summed E-state index contributed by atoms with van der Waals surface area (Å²) in [7, 11) is 1.63. The molecule has 2 aromatic rings. The van der Waals surface area contributed by atoms with Gasteiger partial charge in [0.05, 0.1) is 5.69 Å². The molecule has 1 atom stereocenters. The van der Waals surface area contributed by atoms with Gasteiger partial charge in [-0.15, -0.1) is 0 Å². The lowest BCUT2D eigenvalue weighted by Gasteiger charge is -2.21. The molecule has 0 unspecified atom stereocenters. The van der Waals surface area contributed by atoms with Gasteiger partial charge in [0.15, 0.2) is 6.04 Å². The Bertz CT molecular complexity index is 724. The van der Waals surface area contributed by atoms with Crippen LogP contribution in [0.2, 0.25) is 0 Å². The first-order valence-corrected chi connectivity index (χ1v) is 7.42. The Morgan fingerprint density at radius 1 is 1.42 bits per heavy atom. The molecule has 3 rings (SSSR count). The molecule has 1 aliphatic rings. The Morgan fingerprint density at radius 3 is 2.75 bits per heavy atom. The molecule has 2 heterocycles. The second kappa shape index (κ2) is 6.14. The first kappa shape index (κ1) is 16.3. The van der Waals surface area contributed by atoms with E-state index in [9.17, 15) is 18.0 Å². The highest BCUT2D eigenvalue weighted by Crippen LogP contribution is 2.40. The number of carbonyl (C=O) groups is 1. The topological polar surface area (TPSA) is 71.8 Å². The molecule has 2 N–H and O–H groups in total. The smallest absolute Gasteiger partial charge is 0.322 e. The number of hydrogen-bond acceptors (Lipinski definition) is 3. The van der Waals surface area contributed by atoms with Crippen LogP contribution in [0, 0.1) is 0 Å². The Kier molecular flexibility index (Phi) is 4.16. The molecule has 0 bridgehead atoms. The molecule has 0 aromatic carbocycles. The Balaban J connectivity index is 1.72. The molecule has 0 saturated heterocycles. The Hall–Kier alpha value is -2.58.